The van der Waals surface area contributed by atoms with Gasteiger partial charge < -0.3 is 5.11 Å². The second-order valence-electron chi connectivity index (χ2n) is 4.91. The molecular weight excluding hydrogens is 136 g/mol. The van der Waals surface area contributed by atoms with Crippen molar-refractivity contribution in [3.8, 4) is 0 Å². The lowest BCUT2D eigenvalue weighted by Gasteiger charge is -2.26. The minimum atomic E-state index is -0.451. The summed E-state index contributed by atoms with van der Waals surface area (Å²) in [7, 11) is 0. The van der Waals surface area contributed by atoms with Gasteiger partial charge in [-0.05, 0) is 31.6 Å². The van der Waals surface area contributed by atoms with Crippen LogP contribution in [0.5, 0.6) is 0 Å². The van der Waals surface area contributed by atoms with Crippen LogP contribution in [-0.4, -0.2) is 10.7 Å². The van der Waals surface area contributed by atoms with E-state index in [4.69, 9.17) is 0 Å². The highest BCUT2D eigenvalue weighted by Crippen LogP contribution is 2.26. The quantitative estimate of drug-likeness (QED) is 0.669. The lowest BCUT2D eigenvalue weighted by atomic mass is 9.84. The molecule has 0 fully saturated rings. The predicted molar refractivity (Wildman–Crippen MR) is 49.6 cm³/mol. The Kier molecular flexibility index (Phi) is 3.56. The highest BCUT2D eigenvalue weighted by atomic mass is 16.3. The number of rotatable bonds is 3. The van der Waals surface area contributed by atoms with Gasteiger partial charge in [-0.15, -0.1) is 0 Å². The van der Waals surface area contributed by atoms with Crippen LogP contribution in [0.2, 0.25) is 0 Å². The van der Waals surface area contributed by atoms with Crippen LogP contribution in [0.1, 0.15) is 53.9 Å². The molecule has 0 bridgehead atoms. The maximum absolute atomic E-state index is 9.69. The van der Waals surface area contributed by atoms with Crippen molar-refractivity contribution in [3.63, 3.8) is 0 Å². The first-order valence-corrected chi connectivity index (χ1v) is 4.49. The Labute approximate surface area is 70.8 Å². The second kappa shape index (κ2) is 3.57. The van der Waals surface area contributed by atoms with Crippen LogP contribution >= 0.6 is 0 Å². The van der Waals surface area contributed by atoms with E-state index in [1.807, 2.05) is 13.8 Å². The van der Waals surface area contributed by atoms with Crippen molar-refractivity contribution >= 4 is 0 Å². The fraction of sp³-hybridized carbons (Fsp3) is 1.00. The molecule has 1 nitrogen and oxygen atoms in total. The Morgan fingerprint density at radius 3 is 1.73 bits per heavy atom. The molecule has 11 heavy (non-hydrogen) atoms. The van der Waals surface area contributed by atoms with Crippen LogP contribution < -0.4 is 0 Å². The summed E-state index contributed by atoms with van der Waals surface area (Å²) >= 11 is 0. The fourth-order valence-electron chi connectivity index (χ4n) is 0.821. The zero-order valence-corrected chi connectivity index (χ0v) is 8.57. The van der Waals surface area contributed by atoms with Gasteiger partial charge in [-0.3, -0.25) is 0 Å². The van der Waals surface area contributed by atoms with Crippen molar-refractivity contribution in [1.82, 2.24) is 0 Å². The topological polar surface area (TPSA) is 20.2 Å². The molecule has 0 aromatic rings. The third-order valence-electron chi connectivity index (χ3n) is 2.18. The molecule has 1 unspecified atom stereocenters. The van der Waals surface area contributed by atoms with Crippen LogP contribution in [0.25, 0.3) is 0 Å². The molecule has 0 rings (SSSR count). The number of aliphatic hydroxyl groups is 1. The molecule has 0 aliphatic carbocycles. The minimum Gasteiger partial charge on any atom is -0.390 e. The van der Waals surface area contributed by atoms with Gasteiger partial charge in [-0.1, -0.05) is 27.7 Å². The van der Waals surface area contributed by atoms with Gasteiger partial charge in [0.15, 0.2) is 0 Å². The monoisotopic (exact) mass is 158 g/mol. The summed E-state index contributed by atoms with van der Waals surface area (Å²) in [5, 5.41) is 9.69. The van der Waals surface area contributed by atoms with Crippen molar-refractivity contribution in [1.29, 1.82) is 0 Å². The van der Waals surface area contributed by atoms with Gasteiger partial charge in [0.05, 0.1) is 5.60 Å². The van der Waals surface area contributed by atoms with Gasteiger partial charge in [0, 0.05) is 0 Å². The van der Waals surface area contributed by atoms with Crippen molar-refractivity contribution in [2.24, 2.45) is 5.41 Å². The highest BCUT2D eigenvalue weighted by molar-refractivity contribution is 4.73. The second-order valence-corrected chi connectivity index (χ2v) is 4.91. The zero-order chi connectivity index (χ0) is 9.12. The normalized spacial score (nSPS) is 18.0. The average Bonchev–Trinajstić information content (AvgIpc) is 1.83. The summed E-state index contributed by atoms with van der Waals surface area (Å²) in [5.41, 5.74) is -0.105. The van der Waals surface area contributed by atoms with Crippen LogP contribution in [0, 0.1) is 5.41 Å². The number of hydrogen-bond acceptors (Lipinski definition) is 1. The predicted octanol–water partition coefficient (Wildman–Crippen LogP) is 2.97. The van der Waals surface area contributed by atoms with Crippen LogP contribution in [0.4, 0.5) is 0 Å². The summed E-state index contributed by atoms with van der Waals surface area (Å²) in [6.45, 7) is 10.6. The van der Waals surface area contributed by atoms with Gasteiger partial charge >= 0.3 is 0 Å². The Balaban J connectivity index is 3.70. The third-order valence-corrected chi connectivity index (χ3v) is 2.18. The van der Waals surface area contributed by atoms with Crippen molar-refractivity contribution in [2.75, 3.05) is 0 Å². The molecule has 0 radical (unpaired) electrons. The van der Waals surface area contributed by atoms with E-state index in [0.717, 1.165) is 19.3 Å². The van der Waals surface area contributed by atoms with E-state index in [-0.39, 0.29) is 0 Å². The molecule has 1 N–H and O–H groups in total. The van der Waals surface area contributed by atoms with Gasteiger partial charge in [0.2, 0.25) is 0 Å². The van der Waals surface area contributed by atoms with E-state index in [1.54, 1.807) is 0 Å². The van der Waals surface area contributed by atoms with E-state index >= 15 is 0 Å². The standard InChI is InChI=1S/C10H22O/c1-6-10(5,11)8-7-9(2,3)4/h11H,6-8H2,1-5H3. The lowest BCUT2D eigenvalue weighted by molar-refractivity contribution is 0.0356. The van der Waals surface area contributed by atoms with E-state index in [2.05, 4.69) is 20.8 Å². The molecule has 0 aromatic heterocycles. The molecule has 0 amide bonds. The molecular formula is C10H22O. The highest BCUT2D eigenvalue weighted by Gasteiger charge is 2.20. The Hall–Kier alpha value is -0.0400. The SMILES string of the molecule is CCC(C)(O)CCC(C)(C)C. The molecule has 68 valence electrons. The van der Waals surface area contributed by atoms with Crippen molar-refractivity contribution in [3.05, 3.63) is 0 Å². The van der Waals surface area contributed by atoms with Crippen molar-refractivity contribution in [2.45, 2.75) is 59.5 Å². The maximum Gasteiger partial charge on any atom is 0.0617 e. The molecule has 0 saturated carbocycles. The average molecular weight is 158 g/mol. The minimum absolute atomic E-state index is 0.346. The number of hydrogen-bond donors (Lipinski definition) is 1. The van der Waals surface area contributed by atoms with Gasteiger partial charge in [0.1, 0.15) is 0 Å². The summed E-state index contributed by atoms with van der Waals surface area (Å²) in [6, 6.07) is 0. The summed E-state index contributed by atoms with van der Waals surface area (Å²) in [5.74, 6) is 0. The summed E-state index contributed by atoms with van der Waals surface area (Å²) in [4.78, 5) is 0. The summed E-state index contributed by atoms with van der Waals surface area (Å²) in [6.07, 6.45) is 2.85. The molecule has 0 aromatic carbocycles. The van der Waals surface area contributed by atoms with Gasteiger partial charge in [-0.25, -0.2) is 0 Å². The Bertz CT molecular complexity index is 109. The molecule has 0 saturated heterocycles. The van der Waals surface area contributed by atoms with Crippen LogP contribution in [0.3, 0.4) is 0 Å². The van der Waals surface area contributed by atoms with E-state index in [0.29, 0.717) is 5.41 Å². The molecule has 0 heterocycles. The summed E-state index contributed by atoms with van der Waals surface area (Å²) < 4.78 is 0. The molecule has 0 aliphatic heterocycles. The molecule has 1 atom stereocenters. The van der Waals surface area contributed by atoms with Gasteiger partial charge in [-0.2, -0.15) is 0 Å². The molecule has 1 heteroatoms. The Morgan fingerprint density at radius 1 is 1.00 bits per heavy atom. The van der Waals surface area contributed by atoms with E-state index < -0.39 is 5.60 Å². The van der Waals surface area contributed by atoms with Crippen molar-refractivity contribution < 1.29 is 5.11 Å². The lowest BCUT2D eigenvalue weighted by Crippen LogP contribution is -2.24. The van der Waals surface area contributed by atoms with Gasteiger partial charge in [0.25, 0.3) is 0 Å². The molecule has 0 aliphatic rings. The molecule has 0 spiro atoms. The van der Waals surface area contributed by atoms with E-state index in [9.17, 15) is 5.11 Å². The first kappa shape index (κ1) is 11.0. The maximum atomic E-state index is 9.69. The largest absolute Gasteiger partial charge is 0.390 e. The first-order chi connectivity index (χ1) is 4.77. The van der Waals surface area contributed by atoms with Crippen LogP contribution in [0.15, 0.2) is 0 Å². The Morgan fingerprint density at radius 2 is 1.45 bits per heavy atom. The first-order valence-electron chi connectivity index (χ1n) is 4.49. The van der Waals surface area contributed by atoms with E-state index in [1.165, 1.54) is 0 Å². The van der Waals surface area contributed by atoms with Crippen LogP contribution in [-0.2, 0) is 0 Å². The fourth-order valence-corrected chi connectivity index (χ4v) is 0.821. The zero-order valence-electron chi connectivity index (χ0n) is 8.57. The smallest absolute Gasteiger partial charge is 0.0617 e. The third kappa shape index (κ3) is 6.36.